The van der Waals surface area contributed by atoms with Gasteiger partial charge in [0.1, 0.15) is 0 Å². The number of rotatable bonds is 3. The summed E-state index contributed by atoms with van der Waals surface area (Å²) < 4.78 is 3.99. The summed E-state index contributed by atoms with van der Waals surface area (Å²) in [5.41, 5.74) is 0.992. The molecule has 0 bridgehead atoms. The minimum absolute atomic E-state index is 0.905. The molecular weight excluding hydrogens is 343 g/mol. The van der Waals surface area contributed by atoms with Crippen LogP contribution in [0.4, 0.5) is 0 Å². The minimum atomic E-state index is -2.84. The van der Waals surface area contributed by atoms with Crippen molar-refractivity contribution < 1.29 is 0 Å². The molecule has 0 aliphatic carbocycles. The molecule has 0 aliphatic heterocycles. The predicted octanol–water partition coefficient (Wildman–Crippen LogP) is 4.30. The molecule has 0 nitrogen and oxygen atoms in total. The summed E-state index contributed by atoms with van der Waals surface area (Å²) in [4.78, 5) is 0. The Balaban J connectivity index is 2.64. The normalized spacial score (nSPS) is 11.7. The second-order valence-corrected chi connectivity index (χ2v) is 16.4. The Kier molecular flexibility index (Phi) is 5.88. The monoisotopic (exact) mass is 358 g/mol. The number of halogens is 2. The first-order chi connectivity index (χ1) is 7.14. The van der Waals surface area contributed by atoms with E-state index in [0.717, 1.165) is 22.9 Å². The van der Waals surface area contributed by atoms with Crippen molar-refractivity contribution in [3.05, 3.63) is 35.9 Å². The van der Waals surface area contributed by atoms with E-state index in [1.807, 2.05) is 30.3 Å². The fraction of sp³-hybridized carbons (Fsp3) is 0.333. The maximum atomic E-state index is 6.25. The van der Waals surface area contributed by atoms with Crippen molar-refractivity contribution in [3.63, 3.8) is 0 Å². The average molecular weight is 357 g/mol. The Morgan fingerprint density at radius 3 is 2.47 bits per heavy atom. The summed E-state index contributed by atoms with van der Waals surface area (Å²) in [6, 6.07) is 9.85. The van der Waals surface area contributed by atoms with Crippen molar-refractivity contribution in [2.24, 2.45) is 0 Å². The van der Waals surface area contributed by atoms with Crippen LogP contribution in [0.15, 0.2) is 30.3 Å². The molecule has 0 aliphatic rings. The first-order valence-corrected chi connectivity index (χ1v) is 13.6. The second-order valence-electron chi connectivity index (χ2n) is 3.23. The van der Waals surface area contributed by atoms with Gasteiger partial charge in [0.15, 0.2) is 0 Å². The molecule has 82 valence electrons. The van der Waals surface area contributed by atoms with Crippen LogP contribution in [-0.2, 0) is 0 Å². The van der Waals surface area contributed by atoms with Crippen LogP contribution >= 0.6 is 17.9 Å². The molecule has 1 aromatic rings. The number of benzene rings is 1. The number of hydrogen-bond acceptors (Lipinski definition) is 0. The van der Waals surface area contributed by atoms with Gasteiger partial charge in [-0.15, -0.1) is 0 Å². The van der Waals surface area contributed by atoms with Crippen LogP contribution in [0.3, 0.4) is 0 Å². The zero-order valence-electron chi connectivity index (χ0n) is 8.67. The van der Waals surface area contributed by atoms with Gasteiger partial charge in [-0.1, -0.05) is 0 Å². The van der Waals surface area contributed by atoms with Crippen LogP contribution in [0, 0.1) is 9.89 Å². The number of unbranched alkanes of at least 4 members (excludes halogenated alkanes) is 1. The van der Waals surface area contributed by atoms with Crippen molar-refractivity contribution in [2.45, 2.75) is 24.2 Å². The van der Waals surface area contributed by atoms with Gasteiger partial charge in [-0.3, -0.25) is 0 Å². The van der Waals surface area contributed by atoms with Crippen LogP contribution in [0.1, 0.15) is 25.3 Å². The van der Waals surface area contributed by atoms with Crippen molar-refractivity contribution in [1.82, 2.24) is 0 Å². The van der Waals surface area contributed by atoms with Gasteiger partial charge in [-0.2, -0.15) is 0 Å². The average Bonchev–Trinajstić information content (AvgIpc) is 2.25. The third-order valence-electron chi connectivity index (χ3n) is 1.87. The fourth-order valence-corrected chi connectivity index (χ4v) is 5.93. The van der Waals surface area contributed by atoms with Crippen LogP contribution in [0.5, 0.6) is 0 Å². The van der Waals surface area contributed by atoms with Crippen molar-refractivity contribution in [3.8, 4) is 9.89 Å². The van der Waals surface area contributed by atoms with Crippen LogP contribution in [0.2, 0.25) is 4.47 Å². The van der Waals surface area contributed by atoms with Gasteiger partial charge in [-0.25, -0.2) is 0 Å². The van der Waals surface area contributed by atoms with Gasteiger partial charge in [0.25, 0.3) is 0 Å². The van der Waals surface area contributed by atoms with E-state index < -0.39 is 15.9 Å². The molecule has 0 amide bonds. The summed E-state index contributed by atoms with van der Waals surface area (Å²) in [6.07, 6.45) is 2.21. The third kappa shape index (κ3) is 5.70. The van der Waals surface area contributed by atoms with E-state index >= 15 is 0 Å². The van der Waals surface area contributed by atoms with Gasteiger partial charge in [0.05, 0.1) is 0 Å². The van der Waals surface area contributed by atoms with Gasteiger partial charge in [0.2, 0.25) is 0 Å². The Bertz CT molecular complexity index is 349. The molecule has 0 fully saturated rings. The van der Waals surface area contributed by atoms with E-state index in [4.69, 9.17) is 17.9 Å². The van der Waals surface area contributed by atoms with Crippen LogP contribution in [0.25, 0.3) is 0 Å². The molecule has 0 saturated heterocycles. The second kappa shape index (κ2) is 6.67. The van der Waals surface area contributed by atoms with Crippen LogP contribution in [-0.4, -0.2) is 15.9 Å². The molecule has 0 atom stereocenters. The molecule has 0 heterocycles. The molecule has 0 spiro atoms. The molecule has 15 heavy (non-hydrogen) atoms. The fourth-order valence-electron chi connectivity index (χ4n) is 1.03. The number of hydrogen-bond donors (Lipinski definition) is 0. The topological polar surface area (TPSA) is 0 Å². The van der Waals surface area contributed by atoms with Crippen molar-refractivity contribution in [2.75, 3.05) is 0 Å². The predicted molar refractivity (Wildman–Crippen MR) is 70.5 cm³/mol. The molecule has 3 heteroatoms. The molecule has 0 N–H and O–H groups in total. The summed E-state index contributed by atoms with van der Waals surface area (Å²) in [5.74, 6) is 3.06. The Morgan fingerprint density at radius 2 is 1.87 bits per heavy atom. The first-order valence-electron chi connectivity index (χ1n) is 4.92. The first kappa shape index (κ1) is 13.2. The molecular formula is C12H14Cl2Te. The summed E-state index contributed by atoms with van der Waals surface area (Å²) in [7, 11) is 12.5. The molecule has 0 radical (unpaired) electrons. The molecule has 1 rings (SSSR count). The van der Waals surface area contributed by atoms with Gasteiger partial charge < -0.3 is 0 Å². The SMILES string of the molecule is CCCC[Te](Cl)(Cl)C#Cc1ccccc1. The zero-order valence-corrected chi connectivity index (χ0v) is 12.5. The van der Waals surface area contributed by atoms with Gasteiger partial charge >= 0.3 is 104 Å². The van der Waals surface area contributed by atoms with Gasteiger partial charge in [-0.05, 0) is 0 Å². The van der Waals surface area contributed by atoms with E-state index in [9.17, 15) is 0 Å². The summed E-state index contributed by atoms with van der Waals surface area (Å²) >= 11 is -2.84. The quantitative estimate of drug-likeness (QED) is 0.559. The standard InChI is InChI=1S/C12H14Cl2Te/c1-2-3-10-15(13,14)11-9-12-7-5-4-6-8-12/h4-8H,2-3,10H2,1H3. The zero-order chi connectivity index (χ0) is 11.1. The molecule has 0 aromatic heterocycles. The summed E-state index contributed by atoms with van der Waals surface area (Å²) in [5, 5.41) is 0. The van der Waals surface area contributed by atoms with E-state index in [-0.39, 0.29) is 0 Å². The summed E-state index contributed by atoms with van der Waals surface area (Å²) in [6.45, 7) is 2.14. The van der Waals surface area contributed by atoms with Gasteiger partial charge in [0, 0.05) is 0 Å². The Morgan fingerprint density at radius 1 is 1.20 bits per heavy atom. The van der Waals surface area contributed by atoms with Crippen molar-refractivity contribution >= 4 is 33.9 Å². The molecule has 0 saturated carbocycles. The molecule has 0 unspecified atom stereocenters. The van der Waals surface area contributed by atoms with Crippen LogP contribution < -0.4 is 0 Å². The van der Waals surface area contributed by atoms with Crippen molar-refractivity contribution in [1.29, 1.82) is 0 Å². The third-order valence-corrected chi connectivity index (χ3v) is 8.41. The maximum absolute atomic E-state index is 6.25. The van der Waals surface area contributed by atoms with E-state index in [0.29, 0.717) is 0 Å². The Labute approximate surface area is 103 Å². The van der Waals surface area contributed by atoms with E-state index in [1.54, 1.807) is 0 Å². The van der Waals surface area contributed by atoms with E-state index in [2.05, 4.69) is 16.8 Å². The Hall–Kier alpha value is 0.150. The van der Waals surface area contributed by atoms with E-state index in [1.165, 1.54) is 0 Å². The molecule has 1 aromatic carbocycles.